The summed E-state index contributed by atoms with van der Waals surface area (Å²) in [5.41, 5.74) is 4.18. The molecule has 0 aliphatic rings. The average Bonchev–Trinajstić information content (AvgIpc) is 3.42. The number of methoxy groups -OCH3 is 2. The van der Waals surface area contributed by atoms with Crippen molar-refractivity contribution in [1.82, 2.24) is 9.78 Å². The van der Waals surface area contributed by atoms with Gasteiger partial charge in [-0.1, -0.05) is 51.1 Å². The molecular weight excluding hydrogens is 556 g/mol. The van der Waals surface area contributed by atoms with Gasteiger partial charge in [0.05, 0.1) is 33.1 Å². The molecular formula is C35H50N2O5Si. The molecule has 0 unspecified atom stereocenters. The standard InChI is InChI=1S/C35H50N2O5Si/c1-10-41-33(38)20-19-28-23-36-37(24-28)25-29(18-14-17-27-15-12-11-13-16-27)34(42-43(8,9)35(3,4)5)30-21-31(39-6)26(2)32(22-30)40-7/h11-13,15-16,19-24,29,34H,10,14,17-18,25H2,1-9H3/t29-,34-/m0/s1. The molecule has 3 rings (SSSR count). The molecule has 0 amide bonds. The molecule has 0 radical (unpaired) electrons. The number of carbonyl (C=O) groups is 1. The number of esters is 1. The lowest BCUT2D eigenvalue weighted by Gasteiger charge is -2.42. The lowest BCUT2D eigenvalue weighted by atomic mass is 9.89. The third kappa shape index (κ3) is 9.56. The highest BCUT2D eigenvalue weighted by molar-refractivity contribution is 6.74. The van der Waals surface area contributed by atoms with Crippen molar-refractivity contribution in [3.8, 4) is 11.5 Å². The summed E-state index contributed by atoms with van der Waals surface area (Å²) in [7, 11) is 1.19. The number of hydrogen-bond donors (Lipinski definition) is 0. The highest BCUT2D eigenvalue weighted by Crippen LogP contribution is 2.45. The van der Waals surface area contributed by atoms with E-state index in [0.29, 0.717) is 13.2 Å². The Morgan fingerprint density at radius 3 is 2.30 bits per heavy atom. The minimum atomic E-state index is -2.20. The predicted molar refractivity (Wildman–Crippen MR) is 176 cm³/mol. The van der Waals surface area contributed by atoms with E-state index in [9.17, 15) is 4.79 Å². The second kappa shape index (κ2) is 15.4. The van der Waals surface area contributed by atoms with E-state index >= 15 is 0 Å². The van der Waals surface area contributed by atoms with Gasteiger partial charge in [0, 0.05) is 35.9 Å². The number of hydrogen-bond acceptors (Lipinski definition) is 6. The first kappa shape index (κ1) is 34.1. The summed E-state index contributed by atoms with van der Waals surface area (Å²) in [6, 6.07) is 14.8. The largest absolute Gasteiger partial charge is 0.496 e. The van der Waals surface area contributed by atoms with Gasteiger partial charge in [-0.3, -0.25) is 4.68 Å². The van der Waals surface area contributed by atoms with Gasteiger partial charge in [-0.25, -0.2) is 4.79 Å². The number of rotatable bonds is 15. The van der Waals surface area contributed by atoms with E-state index in [1.54, 1.807) is 33.4 Å². The number of ether oxygens (including phenoxy) is 3. The topological polar surface area (TPSA) is 71.8 Å². The Bertz CT molecular complexity index is 1320. The maximum Gasteiger partial charge on any atom is 0.330 e. The Kier molecular flexibility index (Phi) is 12.2. The van der Waals surface area contributed by atoms with Crippen molar-refractivity contribution in [3.63, 3.8) is 0 Å². The average molecular weight is 607 g/mol. The Morgan fingerprint density at radius 1 is 1.07 bits per heavy atom. The van der Waals surface area contributed by atoms with Gasteiger partial charge in [0.2, 0.25) is 0 Å². The molecule has 7 nitrogen and oxygen atoms in total. The molecule has 43 heavy (non-hydrogen) atoms. The Morgan fingerprint density at radius 2 is 1.72 bits per heavy atom. The monoisotopic (exact) mass is 606 g/mol. The van der Waals surface area contributed by atoms with Crippen LogP contribution in [0.5, 0.6) is 11.5 Å². The van der Waals surface area contributed by atoms with Gasteiger partial charge in [-0.15, -0.1) is 0 Å². The van der Waals surface area contributed by atoms with E-state index in [1.165, 1.54) is 11.6 Å². The van der Waals surface area contributed by atoms with Gasteiger partial charge in [0.25, 0.3) is 0 Å². The van der Waals surface area contributed by atoms with Crippen LogP contribution in [0.1, 0.15) is 68.9 Å². The van der Waals surface area contributed by atoms with E-state index in [1.807, 2.05) is 17.8 Å². The van der Waals surface area contributed by atoms with Crippen LogP contribution in [0.15, 0.2) is 60.9 Å². The molecule has 0 N–H and O–H groups in total. The fourth-order valence-electron chi connectivity index (χ4n) is 4.91. The maximum absolute atomic E-state index is 11.9. The van der Waals surface area contributed by atoms with Gasteiger partial charge in [-0.05, 0) is 80.6 Å². The Labute approximate surface area is 259 Å². The smallest absolute Gasteiger partial charge is 0.330 e. The van der Waals surface area contributed by atoms with Crippen LogP contribution in [0.2, 0.25) is 18.1 Å². The second-order valence-corrected chi connectivity index (χ2v) is 17.3. The minimum absolute atomic E-state index is 0.0233. The van der Waals surface area contributed by atoms with Crippen LogP contribution in [0.25, 0.3) is 6.08 Å². The number of benzene rings is 2. The van der Waals surface area contributed by atoms with Gasteiger partial charge in [-0.2, -0.15) is 5.10 Å². The Hall–Kier alpha value is -3.36. The van der Waals surface area contributed by atoms with Crippen LogP contribution in [0.3, 0.4) is 0 Å². The zero-order valence-corrected chi connectivity index (χ0v) is 28.5. The summed E-state index contributed by atoms with van der Waals surface area (Å²) in [5.74, 6) is 1.31. The molecule has 0 saturated heterocycles. The lowest BCUT2D eigenvalue weighted by Crippen LogP contribution is -2.43. The van der Waals surface area contributed by atoms with Crippen LogP contribution in [-0.4, -0.2) is 44.9 Å². The van der Waals surface area contributed by atoms with E-state index in [2.05, 4.69) is 81.4 Å². The molecule has 2 aromatic carbocycles. The molecule has 0 bridgehead atoms. The van der Waals surface area contributed by atoms with Crippen molar-refractivity contribution >= 4 is 20.4 Å². The molecule has 8 heteroatoms. The number of carbonyl (C=O) groups excluding carboxylic acids is 1. The zero-order valence-electron chi connectivity index (χ0n) is 27.5. The van der Waals surface area contributed by atoms with Crippen molar-refractivity contribution in [2.45, 2.75) is 84.7 Å². The highest BCUT2D eigenvalue weighted by atomic mass is 28.4. The first-order chi connectivity index (χ1) is 20.4. The molecule has 1 heterocycles. The third-order valence-electron chi connectivity index (χ3n) is 8.42. The summed E-state index contributed by atoms with van der Waals surface area (Å²) in [6.07, 6.45) is 9.64. The number of aryl methyl sites for hydroxylation is 1. The van der Waals surface area contributed by atoms with Crippen molar-refractivity contribution in [3.05, 3.63) is 83.2 Å². The summed E-state index contributed by atoms with van der Waals surface area (Å²) in [5, 5.41) is 4.69. The summed E-state index contributed by atoms with van der Waals surface area (Å²) in [6.45, 7) is 16.2. The van der Waals surface area contributed by atoms with Crippen molar-refractivity contribution < 1.29 is 23.4 Å². The molecule has 0 spiro atoms. The van der Waals surface area contributed by atoms with Crippen LogP contribution < -0.4 is 9.47 Å². The first-order valence-corrected chi connectivity index (χ1v) is 18.1. The quantitative estimate of drug-likeness (QED) is 0.0987. The van der Waals surface area contributed by atoms with Crippen LogP contribution in [0, 0.1) is 12.8 Å². The highest BCUT2D eigenvalue weighted by Gasteiger charge is 2.41. The van der Waals surface area contributed by atoms with E-state index in [-0.39, 0.29) is 23.0 Å². The zero-order chi connectivity index (χ0) is 31.6. The van der Waals surface area contributed by atoms with E-state index in [4.69, 9.17) is 18.6 Å². The fraction of sp³-hybridized carbons (Fsp3) is 0.486. The summed E-state index contributed by atoms with van der Waals surface area (Å²) < 4.78 is 25.9. The number of aromatic nitrogens is 2. The Balaban J connectivity index is 2.03. The summed E-state index contributed by atoms with van der Waals surface area (Å²) >= 11 is 0. The molecule has 234 valence electrons. The fourth-order valence-corrected chi connectivity index (χ4v) is 6.23. The van der Waals surface area contributed by atoms with E-state index < -0.39 is 8.32 Å². The van der Waals surface area contributed by atoms with Crippen molar-refractivity contribution in [2.75, 3.05) is 20.8 Å². The van der Waals surface area contributed by atoms with Crippen molar-refractivity contribution in [2.24, 2.45) is 5.92 Å². The lowest BCUT2D eigenvalue weighted by molar-refractivity contribution is -0.137. The molecule has 2 atom stereocenters. The van der Waals surface area contributed by atoms with Crippen LogP contribution >= 0.6 is 0 Å². The molecule has 0 aliphatic carbocycles. The molecule has 1 aromatic heterocycles. The van der Waals surface area contributed by atoms with Crippen LogP contribution in [-0.2, 0) is 26.9 Å². The first-order valence-electron chi connectivity index (χ1n) is 15.2. The molecule has 0 fully saturated rings. The molecule has 0 saturated carbocycles. The normalized spacial score (nSPS) is 13.6. The minimum Gasteiger partial charge on any atom is -0.496 e. The molecule has 0 aliphatic heterocycles. The third-order valence-corrected chi connectivity index (χ3v) is 12.9. The van der Waals surface area contributed by atoms with E-state index in [0.717, 1.165) is 47.5 Å². The SMILES string of the molecule is CCOC(=O)C=Cc1cnn(C[C@H](CCCc2ccccc2)[C@H](O[Si](C)(C)C(C)(C)C)c2cc(OC)c(C)c(OC)c2)c1. The van der Waals surface area contributed by atoms with Crippen molar-refractivity contribution in [1.29, 1.82) is 0 Å². The molecule has 3 aromatic rings. The summed E-state index contributed by atoms with van der Waals surface area (Å²) in [4.78, 5) is 11.9. The predicted octanol–water partition coefficient (Wildman–Crippen LogP) is 8.19. The van der Waals surface area contributed by atoms with Crippen LogP contribution in [0.4, 0.5) is 0 Å². The van der Waals surface area contributed by atoms with Gasteiger partial charge < -0.3 is 18.6 Å². The van der Waals surface area contributed by atoms with Gasteiger partial charge in [0.1, 0.15) is 11.5 Å². The number of nitrogens with zero attached hydrogens (tertiary/aromatic N) is 2. The maximum atomic E-state index is 11.9. The second-order valence-electron chi connectivity index (χ2n) is 12.6. The van der Waals surface area contributed by atoms with Gasteiger partial charge in [0.15, 0.2) is 8.32 Å². The van der Waals surface area contributed by atoms with Gasteiger partial charge >= 0.3 is 5.97 Å².